The average Bonchev–Trinajstić information content (AvgIpc) is 3.79. The van der Waals surface area contributed by atoms with E-state index in [2.05, 4.69) is 94.8 Å². The molecule has 1 fully saturated rings. The summed E-state index contributed by atoms with van der Waals surface area (Å²) in [7, 11) is 60.0. The lowest BCUT2D eigenvalue weighted by Crippen LogP contribution is -2.89. The Balaban J connectivity index is 1.20. The van der Waals surface area contributed by atoms with Gasteiger partial charge in [-0.15, -0.1) is 16.4 Å². The predicted octanol–water partition coefficient (Wildman–Crippen LogP) is 3.15. The molecular weight excluding hydrogens is 716 g/mol. The van der Waals surface area contributed by atoms with Crippen molar-refractivity contribution in [2.45, 2.75) is 16.1 Å². The molecule has 1 spiro atoms. The third-order valence-electron chi connectivity index (χ3n) is 12.8. The van der Waals surface area contributed by atoms with Gasteiger partial charge in [-0.25, -0.2) is 4.98 Å². The molecule has 60 heavy (non-hydrogen) atoms. The fourth-order valence-corrected chi connectivity index (χ4v) is 10.3. The number of nitrogens with zero attached hydrogens (tertiary/aromatic N) is 2. The van der Waals surface area contributed by atoms with Crippen molar-refractivity contribution in [2.24, 2.45) is 0 Å². The Bertz CT molecular complexity index is 3240. The molecule has 9 aromatic rings. The Hall–Kier alpha value is -5.71. The van der Waals surface area contributed by atoms with E-state index in [0.717, 1.165) is 82.8 Å². The molecule has 1 aromatic heterocycles. The number of aromatic nitrogens is 2. The fraction of sp³-hybridized carbons (Fsp3) is 0.0625. The number of hydrogen-bond donors (Lipinski definition) is 1. The molecule has 0 amide bonds. The number of fused-ring (bicyclic) bond motifs is 8. The van der Waals surface area contributed by atoms with Crippen LogP contribution < -0.4 is 32.6 Å². The molecule has 3 nitrogen and oxygen atoms in total. The maximum absolute atomic E-state index is 6.86. The maximum Gasteiger partial charge on any atom is 0.144 e. The van der Waals surface area contributed by atoms with Gasteiger partial charge < -0.3 is 5.32 Å². The number of hydrogen-bond acceptors (Lipinski definition) is 2. The van der Waals surface area contributed by atoms with Crippen molar-refractivity contribution in [1.29, 1.82) is 0 Å². The molecule has 0 bridgehead atoms. The Labute approximate surface area is 360 Å². The van der Waals surface area contributed by atoms with E-state index in [-0.39, 0.29) is 27.3 Å². The molecule has 0 unspecified atom stereocenters. The normalized spacial score (nSPS) is 15.6. The highest BCUT2D eigenvalue weighted by atomic mass is 15.1. The van der Waals surface area contributed by atoms with Crippen LogP contribution in [0.2, 0.25) is 0 Å². The van der Waals surface area contributed by atoms with Crippen LogP contribution in [0.4, 0.5) is 0 Å². The lowest BCUT2D eigenvalue weighted by molar-refractivity contribution is 0.192. The molecule has 258 valence electrons. The Kier molecular flexibility index (Phi) is 8.02. The molecule has 18 radical (unpaired) electrons. The van der Waals surface area contributed by atoms with Crippen LogP contribution >= 0.6 is 0 Å². The van der Waals surface area contributed by atoms with Crippen molar-refractivity contribution in [3.63, 3.8) is 0 Å². The summed E-state index contributed by atoms with van der Waals surface area (Å²) in [6.07, 6.45) is 0. The van der Waals surface area contributed by atoms with Gasteiger partial charge in [-0.05, 0) is 95.4 Å². The van der Waals surface area contributed by atoms with E-state index in [1.54, 1.807) is 0 Å². The van der Waals surface area contributed by atoms with Crippen LogP contribution in [0.5, 0.6) is 0 Å². The molecule has 2 heterocycles. The van der Waals surface area contributed by atoms with E-state index in [4.69, 9.17) is 75.6 Å². The molecule has 1 N–H and O–H groups in total. The highest BCUT2D eigenvalue weighted by Gasteiger charge is 2.67. The first-order chi connectivity index (χ1) is 28.9. The Morgan fingerprint density at radius 1 is 0.450 bits per heavy atom. The quantitative estimate of drug-likeness (QED) is 0.222. The summed E-state index contributed by atoms with van der Waals surface area (Å²) < 4.78 is 2.07. The fourth-order valence-electron chi connectivity index (χ4n) is 10.3. The SMILES string of the molecule is [B]c1c([B])c([B])c(-c2nc3ccccc3n2-c2ccccc2-c2c3ccccc3c(-c3ccc4c(c3)C3(c5ccccc5-4)C([B])([B])NC3([B])[B])c3ccccc23)c([B])c1[B]. The molecule has 1 aliphatic carbocycles. The van der Waals surface area contributed by atoms with E-state index in [1.165, 1.54) is 0 Å². The van der Waals surface area contributed by atoms with Crippen molar-refractivity contribution in [3.05, 3.63) is 151 Å². The second kappa shape index (κ2) is 12.9. The minimum atomic E-state index is -1.41. The van der Waals surface area contributed by atoms with Gasteiger partial charge in [-0.1, -0.05) is 126 Å². The van der Waals surface area contributed by atoms with Crippen LogP contribution in [0.25, 0.3) is 83.0 Å². The van der Waals surface area contributed by atoms with Crippen molar-refractivity contribution in [2.75, 3.05) is 0 Å². The lowest BCUT2D eigenvalue weighted by atomic mass is 9.25. The molecule has 1 saturated heterocycles. The van der Waals surface area contributed by atoms with Gasteiger partial charge >= 0.3 is 0 Å². The van der Waals surface area contributed by atoms with E-state index in [1.807, 2.05) is 54.6 Å². The van der Waals surface area contributed by atoms with Crippen LogP contribution in [0.15, 0.2) is 140 Å². The van der Waals surface area contributed by atoms with Gasteiger partial charge in [0.05, 0.1) is 48.1 Å². The van der Waals surface area contributed by atoms with Gasteiger partial charge in [-0.2, -0.15) is 0 Å². The summed E-state index contributed by atoms with van der Waals surface area (Å²) >= 11 is 0. The number of nitrogens with one attached hydrogen (secondary N) is 1. The molecule has 0 saturated carbocycles. The summed E-state index contributed by atoms with van der Waals surface area (Å²) in [5, 5.41) is 4.37. The molecule has 0 atom stereocenters. The second-order valence-electron chi connectivity index (χ2n) is 16.0. The summed E-state index contributed by atoms with van der Waals surface area (Å²) in [6, 6.07) is 47.6. The summed E-state index contributed by atoms with van der Waals surface area (Å²) in [6.45, 7) is 0. The molecule has 11 rings (SSSR count). The highest BCUT2D eigenvalue weighted by Crippen LogP contribution is 2.62. The monoisotopic (exact) mass is 741 g/mol. The molecule has 12 heteroatoms. The van der Waals surface area contributed by atoms with E-state index in [9.17, 15) is 0 Å². The molecule has 1 aliphatic heterocycles. The zero-order valence-electron chi connectivity index (χ0n) is 32.4. The lowest BCUT2D eigenvalue weighted by Gasteiger charge is -2.70. The number of para-hydroxylation sites is 3. The first-order valence-corrected chi connectivity index (χ1v) is 19.6. The van der Waals surface area contributed by atoms with Crippen LogP contribution in [0, 0.1) is 0 Å². The summed E-state index contributed by atoms with van der Waals surface area (Å²) in [4.78, 5) is 5.10. The zero-order valence-corrected chi connectivity index (χ0v) is 32.4. The standard InChI is InChI=1S/C48H24B9N3/c49-40-39(41(50)43(52)44(53)42(40)51)45-58-34-18-8-10-20-36(34)60(45)35-19-9-6-16-31(35)38-29-14-3-1-12-27(29)37(28-13-2-4-15-30(28)38)24-21-22-26-25-11-5-7-17-32(25)46(33(26)23-24)47(54,55)59-48(46,56)57/h1-23,59H. The van der Waals surface area contributed by atoms with E-state index >= 15 is 0 Å². The summed E-state index contributed by atoms with van der Waals surface area (Å²) in [5.74, 6) is 0.479. The summed E-state index contributed by atoms with van der Waals surface area (Å²) in [5.41, 5.74) is 10.3. The van der Waals surface area contributed by atoms with Gasteiger partial charge in [0.1, 0.15) is 45.1 Å². The van der Waals surface area contributed by atoms with Crippen molar-refractivity contribution < 1.29 is 0 Å². The molecule has 8 aromatic carbocycles. The van der Waals surface area contributed by atoms with Crippen molar-refractivity contribution >= 4 is 131 Å². The Morgan fingerprint density at radius 2 is 0.950 bits per heavy atom. The third kappa shape index (κ3) is 4.74. The Morgan fingerprint density at radius 3 is 1.58 bits per heavy atom. The van der Waals surface area contributed by atoms with Gasteiger partial charge in [-0.3, -0.25) is 4.57 Å². The predicted molar refractivity (Wildman–Crippen MR) is 257 cm³/mol. The molecule has 2 aliphatic rings. The maximum atomic E-state index is 6.86. The number of benzene rings is 8. The van der Waals surface area contributed by atoms with Crippen molar-refractivity contribution in [1.82, 2.24) is 14.9 Å². The minimum absolute atomic E-state index is 0.137. The van der Waals surface area contributed by atoms with Crippen molar-refractivity contribution in [3.8, 4) is 50.5 Å². The van der Waals surface area contributed by atoms with Gasteiger partial charge in [0.15, 0.2) is 0 Å². The van der Waals surface area contributed by atoms with Gasteiger partial charge in [0.2, 0.25) is 0 Å². The highest BCUT2D eigenvalue weighted by molar-refractivity contribution is 6.68. The average molecular weight is 740 g/mol. The van der Waals surface area contributed by atoms with Crippen LogP contribution in [-0.4, -0.2) is 90.8 Å². The second-order valence-corrected chi connectivity index (χ2v) is 16.0. The van der Waals surface area contributed by atoms with Crippen LogP contribution in [-0.2, 0) is 5.41 Å². The molecular formula is C48H24B9N3. The van der Waals surface area contributed by atoms with E-state index < -0.39 is 16.1 Å². The van der Waals surface area contributed by atoms with Crippen LogP contribution in [0.1, 0.15) is 11.1 Å². The largest absolute Gasteiger partial charge is 0.337 e. The minimum Gasteiger partial charge on any atom is -0.337 e. The number of imidazole rings is 1. The van der Waals surface area contributed by atoms with Crippen LogP contribution in [0.3, 0.4) is 0 Å². The van der Waals surface area contributed by atoms with Gasteiger partial charge in [0, 0.05) is 16.5 Å². The first-order valence-electron chi connectivity index (χ1n) is 19.6. The first kappa shape index (κ1) is 37.3. The smallest absolute Gasteiger partial charge is 0.144 e. The third-order valence-corrected chi connectivity index (χ3v) is 12.8. The van der Waals surface area contributed by atoms with E-state index in [0.29, 0.717) is 11.4 Å². The topological polar surface area (TPSA) is 29.9 Å². The number of rotatable bonds is 4. The van der Waals surface area contributed by atoms with Gasteiger partial charge in [0.25, 0.3) is 0 Å². The zero-order chi connectivity index (χ0) is 41.5.